The summed E-state index contributed by atoms with van der Waals surface area (Å²) in [5.74, 6) is -0.977. The van der Waals surface area contributed by atoms with Gasteiger partial charge in [-0.15, -0.1) is 0 Å². The third kappa shape index (κ3) is 5.61. The Morgan fingerprint density at radius 1 is 1.14 bits per heavy atom. The predicted octanol–water partition coefficient (Wildman–Crippen LogP) is 5.70. The van der Waals surface area contributed by atoms with Crippen molar-refractivity contribution < 1.29 is 22.8 Å². The molecule has 3 heterocycles. The molecule has 0 radical (unpaired) electrons. The molecule has 1 fully saturated rings. The topological polar surface area (TPSA) is 81.4 Å². The van der Waals surface area contributed by atoms with Gasteiger partial charge in [0.25, 0.3) is 11.8 Å². The second kappa shape index (κ2) is 10.6. The van der Waals surface area contributed by atoms with Gasteiger partial charge in [0.15, 0.2) is 17.5 Å². The van der Waals surface area contributed by atoms with Gasteiger partial charge < -0.3 is 14.2 Å². The summed E-state index contributed by atoms with van der Waals surface area (Å²) in [6, 6.07) is 14.2. The van der Waals surface area contributed by atoms with Crippen molar-refractivity contribution in [2.45, 2.75) is 19.3 Å². The molecule has 190 valence electrons. The van der Waals surface area contributed by atoms with Crippen LogP contribution in [0.5, 0.6) is 5.88 Å². The number of pyridine rings is 1. The zero-order chi connectivity index (χ0) is 25.9. The highest BCUT2D eigenvalue weighted by Gasteiger charge is 2.34. The van der Waals surface area contributed by atoms with Crippen molar-refractivity contribution in [2.24, 2.45) is 5.92 Å². The average Bonchev–Trinajstić information content (AvgIpc) is 3.36. The van der Waals surface area contributed by atoms with E-state index >= 15 is 0 Å². The summed E-state index contributed by atoms with van der Waals surface area (Å²) in [7, 11) is 0. The second-order valence-electron chi connectivity index (χ2n) is 8.93. The number of rotatable bonds is 6. The largest absolute Gasteiger partial charge is 0.477 e. The van der Waals surface area contributed by atoms with Gasteiger partial charge in [-0.2, -0.15) is 4.98 Å². The van der Waals surface area contributed by atoms with E-state index in [4.69, 9.17) is 20.9 Å². The molecule has 10 heteroatoms. The first-order valence-electron chi connectivity index (χ1n) is 11.8. The fourth-order valence-corrected chi connectivity index (χ4v) is 4.61. The first-order chi connectivity index (χ1) is 17.9. The van der Waals surface area contributed by atoms with Crippen molar-refractivity contribution in [1.29, 1.82) is 0 Å². The van der Waals surface area contributed by atoms with Gasteiger partial charge in [0.05, 0.1) is 11.6 Å². The summed E-state index contributed by atoms with van der Waals surface area (Å²) >= 11 is 5.90. The highest BCUT2D eigenvalue weighted by atomic mass is 35.5. The number of halogens is 3. The molecule has 2 aromatic carbocycles. The molecule has 0 spiro atoms. The van der Waals surface area contributed by atoms with Crippen LogP contribution in [0.15, 0.2) is 65.3 Å². The molecular weight excluding hydrogens is 502 g/mol. The van der Waals surface area contributed by atoms with E-state index in [1.54, 1.807) is 54.3 Å². The number of carbonyl (C=O) groups is 1. The fraction of sp³-hybridized carbons (Fsp3) is 0.259. The van der Waals surface area contributed by atoms with Gasteiger partial charge in [-0.05, 0) is 61.4 Å². The van der Waals surface area contributed by atoms with Gasteiger partial charge in [0, 0.05) is 48.3 Å². The number of hydrogen-bond acceptors (Lipinski definition) is 6. The minimum atomic E-state index is -0.924. The maximum Gasteiger partial charge on any atom is 0.257 e. The van der Waals surface area contributed by atoms with Crippen molar-refractivity contribution in [3.63, 3.8) is 0 Å². The first-order valence-corrected chi connectivity index (χ1v) is 12.1. The lowest BCUT2D eigenvalue weighted by molar-refractivity contribution is 0.0614. The number of amides is 1. The van der Waals surface area contributed by atoms with Gasteiger partial charge in [-0.3, -0.25) is 4.79 Å². The van der Waals surface area contributed by atoms with E-state index in [9.17, 15) is 13.6 Å². The number of aromatic nitrogens is 3. The fourth-order valence-electron chi connectivity index (χ4n) is 4.50. The Morgan fingerprint density at radius 3 is 2.62 bits per heavy atom. The molecule has 2 atom stereocenters. The molecule has 2 aromatic heterocycles. The molecule has 1 aliphatic heterocycles. The third-order valence-corrected chi connectivity index (χ3v) is 6.69. The highest BCUT2D eigenvalue weighted by Crippen LogP contribution is 2.34. The Labute approximate surface area is 217 Å². The van der Waals surface area contributed by atoms with Crippen LogP contribution in [0.2, 0.25) is 5.02 Å². The monoisotopic (exact) mass is 524 g/mol. The summed E-state index contributed by atoms with van der Waals surface area (Å²) < 4.78 is 38.8. The summed E-state index contributed by atoms with van der Waals surface area (Å²) in [5, 5.41) is 4.29. The van der Waals surface area contributed by atoms with E-state index in [-0.39, 0.29) is 17.7 Å². The number of ether oxygens (including phenoxy) is 1. The Bertz CT molecular complexity index is 1400. The number of benzene rings is 2. The number of hydrogen-bond donors (Lipinski definition) is 0. The minimum Gasteiger partial charge on any atom is -0.477 e. The van der Waals surface area contributed by atoms with Crippen molar-refractivity contribution in [3.05, 3.63) is 94.4 Å². The van der Waals surface area contributed by atoms with Crippen LogP contribution in [0.4, 0.5) is 8.78 Å². The van der Waals surface area contributed by atoms with Crippen LogP contribution in [-0.2, 0) is 0 Å². The van der Waals surface area contributed by atoms with E-state index in [1.807, 2.05) is 0 Å². The van der Waals surface area contributed by atoms with Gasteiger partial charge in [-0.1, -0.05) is 22.8 Å². The van der Waals surface area contributed by atoms with Gasteiger partial charge >= 0.3 is 0 Å². The van der Waals surface area contributed by atoms with E-state index < -0.39 is 11.6 Å². The molecule has 0 bridgehead atoms. The van der Waals surface area contributed by atoms with Crippen molar-refractivity contribution >= 4 is 17.5 Å². The molecule has 0 saturated carbocycles. The zero-order valence-corrected chi connectivity index (χ0v) is 20.7. The van der Waals surface area contributed by atoms with Crippen LogP contribution in [0.3, 0.4) is 0 Å². The normalized spacial score (nSPS) is 17.6. The summed E-state index contributed by atoms with van der Waals surface area (Å²) in [5.41, 5.74) is 1.82. The predicted molar refractivity (Wildman–Crippen MR) is 132 cm³/mol. The average molecular weight is 525 g/mol. The standard InChI is InChI=1S/C27H23ClF2N4O3/c1-16-32-26(37-33-16)17-2-4-18(5-3-17)27(35)34-11-10-20(15-36-25-9-7-21(28)13-31-25)22(14-34)19-6-8-23(29)24(30)12-19/h2-9,12-13,20,22H,10-11,14-15H2,1H3/t20-,22-/m1/s1. The molecule has 1 amide bonds. The molecule has 4 aromatic rings. The Kier molecular flexibility index (Phi) is 7.14. The van der Waals surface area contributed by atoms with E-state index in [0.717, 1.165) is 6.07 Å². The highest BCUT2D eigenvalue weighted by molar-refractivity contribution is 6.30. The van der Waals surface area contributed by atoms with Crippen LogP contribution in [0.25, 0.3) is 11.5 Å². The van der Waals surface area contributed by atoms with Crippen LogP contribution in [0, 0.1) is 24.5 Å². The lowest BCUT2D eigenvalue weighted by Gasteiger charge is -2.39. The van der Waals surface area contributed by atoms with Crippen molar-refractivity contribution in [3.8, 4) is 17.3 Å². The zero-order valence-electron chi connectivity index (χ0n) is 19.9. The number of likely N-dealkylation sites (tertiary alicyclic amines) is 1. The molecule has 0 aliphatic carbocycles. The first kappa shape index (κ1) is 24.8. The van der Waals surface area contributed by atoms with Crippen molar-refractivity contribution in [2.75, 3.05) is 19.7 Å². The van der Waals surface area contributed by atoms with E-state index in [1.165, 1.54) is 12.3 Å². The van der Waals surface area contributed by atoms with Gasteiger partial charge in [0.2, 0.25) is 5.88 Å². The quantitative estimate of drug-likeness (QED) is 0.322. The van der Waals surface area contributed by atoms with Crippen LogP contribution >= 0.6 is 11.6 Å². The van der Waals surface area contributed by atoms with Crippen LogP contribution in [-0.4, -0.2) is 45.6 Å². The molecule has 1 aliphatic rings. The SMILES string of the molecule is Cc1noc(-c2ccc(C(=O)N3CC[C@H](COc4ccc(Cl)cn4)[C@@H](c4ccc(F)c(F)c4)C3)cc2)n1. The van der Waals surface area contributed by atoms with Gasteiger partial charge in [0.1, 0.15) is 0 Å². The molecule has 1 saturated heterocycles. The maximum absolute atomic E-state index is 14.1. The lowest BCUT2D eigenvalue weighted by atomic mass is 9.81. The van der Waals surface area contributed by atoms with Crippen LogP contribution < -0.4 is 4.74 Å². The second-order valence-corrected chi connectivity index (χ2v) is 9.37. The van der Waals surface area contributed by atoms with Crippen LogP contribution in [0.1, 0.15) is 34.1 Å². The van der Waals surface area contributed by atoms with Gasteiger partial charge in [-0.25, -0.2) is 13.8 Å². The molecule has 7 nitrogen and oxygen atoms in total. The Balaban J connectivity index is 1.34. The van der Waals surface area contributed by atoms with E-state index in [2.05, 4.69) is 15.1 Å². The number of nitrogens with zero attached hydrogens (tertiary/aromatic N) is 4. The Hall–Kier alpha value is -3.85. The molecule has 0 unspecified atom stereocenters. The minimum absolute atomic E-state index is 0.0467. The number of aryl methyl sites for hydroxylation is 1. The molecular formula is C27H23ClF2N4O3. The third-order valence-electron chi connectivity index (χ3n) is 6.47. The molecule has 37 heavy (non-hydrogen) atoms. The number of piperidine rings is 1. The lowest BCUT2D eigenvalue weighted by Crippen LogP contribution is -2.44. The van der Waals surface area contributed by atoms with E-state index in [0.29, 0.717) is 65.4 Å². The number of carbonyl (C=O) groups excluding carboxylic acids is 1. The maximum atomic E-state index is 14.1. The molecule has 5 rings (SSSR count). The molecule has 0 N–H and O–H groups in total. The van der Waals surface area contributed by atoms with Crippen molar-refractivity contribution in [1.82, 2.24) is 20.0 Å². The smallest absolute Gasteiger partial charge is 0.257 e. The summed E-state index contributed by atoms with van der Waals surface area (Å²) in [4.78, 5) is 23.4. The summed E-state index contributed by atoms with van der Waals surface area (Å²) in [6.45, 7) is 2.86. The summed E-state index contributed by atoms with van der Waals surface area (Å²) in [6.07, 6.45) is 2.11. The Morgan fingerprint density at radius 2 is 1.95 bits per heavy atom.